The van der Waals surface area contributed by atoms with Gasteiger partial charge >= 0.3 is 39.5 Å². The first-order valence-corrected chi connectivity index (χ1v) is 45.7. The summed E-state index contributed by atoms with van der Waals surface area (Å²) in [6.45, 7) is 7.35. The minimum atomic E-state index is -4.96. The second kappa shape index (κ2) is 74.9. The summed E-state index contributed by atoms with van der Waals surface area (Å²) >= 11 is 0. The van der Waals surface area contributed by atoms with Crippen LogP contribution in [-0.2, 0) is 65.4 Å². The topological polar surface area (TPSA) is 237 Å². The van der Waals surface area contributed by atoms with Crippen molar-refractivity contribution in [3.05, 3.63) is 0 Å². The Kier molecular flexibility index (Phi) is 73.5. The molecule has 0 fully saturated rings. The van der Waals surface area contributed by atoms with E-state index in [2.05, 4.69) is 34.6 Å². The van der Waals surface area contributed by atoms with Crippen LogP contribution in [0.4, 0.5) is 0 Å². The number of phosphoric acid groups is 2. The highest BCUT2D eigenvalue weighted by atomic mass is 31.2. The first-order valence-electron chi connectivity index (χ1n) is 42.7. The van der Waals surface area contributed by atoms with E-state index in [1.54, 1.807) is 0 Å². The third kappa shape index (κ3) is 74.7. The number of esters is 4. The highest BCUT2D eigenvalue weighted by Crippen LogP contribution is 2.45. The number of unbranched alkanes of at least 4 members (excludes halogenated alkanes) is 53. The lowest BCUT2D eigenvalue weighted by atomic mass is 9.99. The molecule has 600 valence electrons. The van der Waals surface area contributed by atoms with Crippen LogP contribution >= 0.6 is 15.6 Å². The smallest absolute Gasteiger partial charge is 0.462 e. The molecule has 0 amide bonds. The van der Waals surface area contributed by atoms with E-state index in [4.69, 9.17) is 37.0 Å². The highest BCUT2D eigenvalue weighted by molar-refractivity contribution is 7.47. The zero-order valence-electron chi connectivity index (χ0n) is 66.1. The van der Waals surface area contributed by atoms with Gasteiger partial charge < -0.3 is 33.8 Å². The van der Waals surface area contributed by atoms with Gasteiger partial charge in [-0.2, -0.15) is 0 Å². The Morgan fingerprint density at radius 2 is 0.475 bits per heavy atom. The molecule has 17 nitrogen and oxygen atoms in total. The van der Waals surface area contributed by atoms with Gasteiger partial charge in [0.2, 0.25) is 0 Å². The third-order valence-electron chi connectivity index (χ3n) is 19.6. The molecule has 3 N–H and O–H groups in total. The zero-order chi connectivity index (χ0) is 74.1. The van der Waals surface area contributed by atoms with Crippen LogP contribution < -0.4 is 0 Å². The molecule has 0 aliphatic heterocycles. The molecule has 0 aromatic rings. The van der Waals surface area contributed by atoms with Gasteiger partial charge in [0.05, 0.1) is 26.4 Å². The van der Waals surface area contributed by atoms with Crippen LogP contribution in [0.5, 0.6) is 0 Å². The standard InChI is InChI=1S/C82H160O17P2/c1-6-10-13-16-19-22-25-28-30-32-33-35-37-40-43-46-53-58-63-68-82(87)98-77(71-92-79(84)65-60-55-50-44-41-39-36-34-31-29-26-23-20-17-14-11-7-2)73-96-100(88,89)94-69-76(83)70-95-101(90,91)97-74-78(72-93-80(85)66-61-56-51-48-47-49-54-59-64-75(5)9-4)99-81(86)67-62-57-52-45-42-38-27-24-21-18-15-12-8-3/h75-78,83H,6-74H2,1-5H3,(H,88,89)(H,90,91)/t75?,76-,77-,78-/m1/s1. The fourth-order valence-electron chi connectivity index (χ4n) is 12.7. The molecule has 0 saturated heterocycles. The van der Waals surface area contributed by atoms with Gasteiger partial charge in [0.1, 0.15) is 19.3 Å². The van der Waals surface area contributed by atoms with Crippen LogP contribution in [-0.4, -0.2) is 96.7 Å². The molecule has 19 heteroatoms. The molecule has 0 radical (unpaired) electrons. The average molecular weight is 1480 g/mol. The van der Waals surface area contributed by atoms with Crippen molar-refractivity contribution < 1.29 is 80.2 Å². The average Bonchev–Trinajstić information content (AvgIpc) is 0.960. The molecule has 0 saturated carbocycles. The highest BCUT2D eigenvalue weighted by Gasteiger charge is 2.30. The Hall–Kier alpha value is -1.94. The van der Waals surface area contributed by atoms with Crippen LogP contribution in [0.1, 0.15) is 439 Å². The fourth-order valence-corrected chi connectivity index (χ4v) is 14.3. The number of aliphatic hydroxyl groups excluding tert-OH is 1. The molecule has 0 spiro atoms. The zero-order valence-corrected chi connectivity index (χ0v) is 67.8. The molecule has 0 bridgehead atoms. The summed E-state index contributed by atoms with van der Waals surface area (Å²) in [5.74, 6) is -1.33. The summed E-state index contributed by atoms with van der Waals surface area (Å²) in [4.78, 5) is 73.1. The van der Waals surface area contributed by atoms with Crippen LogP contribution in [0.15, 0.2) is 0 Å². The van der Waals surface area contributed by atoms with Crippen molar-refractivity contribution in [2.75, 3.05) is 39.6 Å². The van der Waals surface area contributed by atoms with Gasteiger partial charge in [0, 0.05) is 25.7 Å². The second-order valence-corrected chi connectivity index (χ2v) is 32.7. The Morgan fingerprint density at radius 1 is 0.277 bits per heavy atom. The second-order valence-electron chi connectivity index (χ2n) is 29.8. The maximum absolute atomic E-state index is 13.1. The minimum absolute atomic E-state index is 0.108. The van der Waals surface area contributed by atoms with Crippen LogP contribution in [0.25, 0.3) is 0 Å². The predicted octanol–water partition coefficient (Wildman–Crippen LogP) is 24.8. The minimum Gasteiger partial charge on any atom is -0.462 e. The van der Waals surface area contributed by atoms with Gasteiger partial charge in [-0.1, -0.05) is 388 Å². The Bertz CT molecular complexity index is 1930. The summed E-state index contributed by atoms with van der Waals surface area (Å²) in [5, 5.41) is 10.7. The van der Waals surface area contributed by atoms with Crippen LogP contribution in [0, 0.1) is 5.92 Å². The molecule has 0 aromatic heterocycles. The van der Waals surface area contributed by atoms with Crippen LogP contribution in [0.2, 0.25) is 0 Å². The van der Waals surface area contributed by atoms with Crippen molar-refractivity contribution in [1.82, 2.24) is 0 Å². The number of carbonyl (C=O) groups is 4. The van der Waals surface area contributed by atoms with Crippen molar-refractivity contribution >= 4 is 39.5 Å². The number of ether oxygens (including phenoxy) is 4. The van der Waals surface area contributed by atoms with Crippen molar-refractivity contribution in [1.29, 1.82) is 0 Å². The van der Waals surface area contributed by atoms with E-state index in [0.717, 1.165) is 95.8 Å². The summed E-state index contributed by atoms with van der Waals surface area (Å²) < 4.78 is 68.8. The van der Waals surface area contributed by atoms with Crippen LogP contribution in [0.3, 0.4) is 0 Å². The molecular formula is C82H160O17P2. The first kappa shape index (κ1) is 99.1. The van der Waals surface area contributed by atoms with E-state index in [1.165, 1.54) is 263 Å². The Balaban J connectivity index is 5.25. The molecule has 0 rings (SSSR count). The number of phosphoric ester groups is 2. The number of aliphatic hydroxyl groups is 1. The van der Waals surface area contributed by atoms with Gasteiger partial charge in [-0.25, -0.2) is 9.13 Å². The van der Waals surface area contributed by atoms with E-state index >= 15 is 0 Å². The molecular weight excluding hydrogens is 1320 g/mol. The normalized spacial score (nSPS) is 14.1. The lowest BCUT2D eigenvalue weighted by Gasteiger charge is -2.21. The van der Waals surface area contributed by atoms with Gasteiger partial charge in [-0.15, -0.1) is 0 Å². The van der Waals surface area contributed by atoms with Gasteiger partial charge in [-0.3, -0.25) is 37.3 Å². The molecule has 101 heavy (non-hydrogen) atoms. The largest absolute Gasteiger partial charge is 0.472 e. The molecule has 3 unspecified atom stereocenters. The first-order chi connectivity index (χ1) is 49.1. The lowest BCUT2D eigenvalue weighted by molar-refractivity contribution is -0.161. The molecule has 0 heterocycles. The Morgan fingerprint density at radius 3 is 0.703 bits per heavy atom. The van der Waals surface area contributed by atoms with Crippen molar-refractivity contribution in [3.63, 3.8) is 0 Å². The maximum atomic E-state index is 13.1. The third-order valence-corrected chi connectivity index (χ3v) is 21.5. The maximum Gasteiger partial charge on any atom is 0.472 e. The van der Waals surface area contributed by atoms with E-state index in [-0.39, 0.29) is 25.7 Å². The summed E-state index contributed by atoms with van der Waals surface area (Å²) in [6.07, 6.45) is 66.5. The summed E-state index contributed by atoms with van der Waals surface area (Å²) in [6, 6.07) is 0. The number of hydrogen-bond acceptors (Lipinski definition) is 15. The molecule has 0 aromatic carbocycles. The number of rotatable bonds is 82. The van der Waals surface area contributed by atoms with Gasteiger partial charge in [0.15, 0.2) is 12.2 Å². The van der Waals surface area contributed by atoms with E-state index in [0.29, 0.717) is 25.7 Å². The molecule has 6 atom stereocenters. The molecule has 0 aliphatic rings. The van der Waals surface area contributed by atoms with Crippen molar-refractivity contribution in [2.45, 2.75) is 457 Å². The Labute approximate surface area is 619 Å². The SMILES string of the molecule is CCCCCCCCCCCCCCCCCCCCCC(=O)O[C@H](COC(=O)CCCCCCCCCCCCCCCCCCC)COP(=O)(O)OC[C@@H](O)COP(=O)(O)OC[C@@H](COC(=O)CCCCCCCCCCC(C)CC)OC(=O)CCCCCCCCCCCCCCC. The lowest BCUT2D eigenvalue weighted by Crippen LogP contribution is -2.30. The quantitative estimate of drug-likeness (QED) is 0.0222. The van der Waals surface area contributed by atoms with E-state index in [1.807, 2.05) is 0 Å². The summed E-state index contributed by atoms with van der Waals surface area (Å²) in [5.41, 5.74) is 0. The van der Waals surface area contributed by atoms with Crippen molar-refractivity contribution in [3.8, 4) is 0 Å². The monoisotopic (exact) mass is 1480 g/mol. The predicted molar refractivity (Wildman–Crippen MR) is 414 cm³/mol. The number of hydrogen-bond donors (Lipinski definition) is 3. The van der Waals surface area contributed by atoms with E-state index < -0.39 is 97.5 Å². The number of carbonyl (C=O) groups excluding carboxylic acids is 4. The van der Waals surface area contributed by atoms with Gasteiger partial charge in [0.25, 0.3) is 0 Å². The summed E-state index contributed by atoms with van der Waals surface area (Å²) in [7, 11) is -9.92. The van der Waals surface area contributed by atoms with E-state index in [9.17, 15) is 43.2 Å². The fraction of sp³-hybridized carbons (Fsp3) is 0.951. The molecule has 0 aliphatic carbocycles. The van der Waals surface area contributed by atoms with Gasteiger partial charge in [-0.05, 0) is 31.6 Å². The van der Waals surface area contributed by atoms with Crippen molar-refractivity contribution in [2.24, 2.45) is 5.92 Å².